The summed E-state index contributed by atoms with van der Waals surface area (Å²) in [4.78, 5) is 0. The Morgan fingerprint density at radius 2 is 2.36 bits per heavy atom. The van der Waals surface area contributed by atoms with Crippen molar-refractivity contribution in [1.82, 2.24) is 5.32 Å². The molecule has 0 fully saturated rings. The summed E-state index contributed by atoms with van der Waals surface area (Å²) in [6.07, 6.45) is 2.84. The van der Waals surface area contributed by atoms with Crippen LogP contribution in [0.5, 0.6) is 0 Å². The highest BCUT2D eigenvalue weighted by molar-refractivity contribution is 5.09. The van der Waals surface area contributed by atoms with E-state index in [0.29, 0.717) is 5.92 Å². The van der Waals surface area contributed by atoms with Gasteiger partial charge in [0.25, 0.3) is 0 Å². The summed E-state index contributed by atoms with van der Waals surface area (Å²) in [5, 5.41) is 12.6. The molecular formula is C9H17NO. The van der Waals surface area contributed by atoms with Crippen LogP contribution in [-0.2, 0) is 0 Å². The molecule has 0 amide bonds. The van der Waals surface area contributed by atoms with E-state index in [-0.39, 0.29) is 6.10 Å². The van der Waals surface area contributed by atoms with E-state index in [2.05, 4.69) is 25.2 Å². The van der Waals surface area contributed by atoms with Crippen molar-refractivity contribution < 1.29 is 5.11 Å². The van der Waals surface area contributed by atoms with E-state index in [1.807, 2.05) is 0 Å². The molecule has 64 valence electrons. The maximum Gasteiger partial charge on any atom is 0.0701 e. The molecule has 1 heterocycles. The SMILES string of the molecule is CC(C)C1=CCNC[C@H](O)C1. The molecule has 0 radical (unpaired) electrons. The van der Waals surface area contributed by atoms with Crippen molar-refractivity contribution in [3.63, 3.8) is 0 Å². The molecule has 1 aliphatic rings. The molecule has 0 aromatic heterocycles. The van der Waals surface area contributed by atoms with Crippen LogP contribution in [0.25, 0.3) is 0 Å². The fraction of sp³-hybridized carbons (Fsp3) is 0.778. The third-order valence-corrected chi connectivity index (χ3v) is 2.10. The molecule has 0 aliphatic carbocycles. The Labute approximate surface area is 68.3 Å². The second-order valence-electron chi connectivity index (χ2n) is 3.45. The van der Waals surface area contributed by atoms with E-state index in [9.17, 15) is 5.11 Å². The number of hydrogen-bond donors (Lipinski definition) is 2. The smallest absolute Gasteiger partial charge is 0.0701 e. The second kappa shape index (κ2) is 3.88. The van der Waals surface area contributed by atoms with Gasteiger partial charge < -0.3 is 10.4 Å². The van der Waals surface area contributed by atoms with Gasteiger partial charge in [0, 0.05) is 13.1 Å². The number of hydrogen-bond acceptors (Lipinski definition) is 2. The van der Waals surface area contributed by atoms with E-state index < -0.39 is 0 Å². The quantitative estimate of drug-likeness (QED) is 0.552. The predicted molar refractivity (Wildman–Crippen MR) is 46.4 cm³/mol. The molecule has 0 saturated carbocycles. The molecule has 2 N–H and O–H groups in total. The Bertz CT molecular complexity index is 152. The molecule has 0 bridgehead atoms. The van der Waals surface area contributed by atoms with Gasteiger partial charge in [-0.2, -0.15) is 0 Å². The summed E-state index contributed by atoms with van der Waals surface area (Å²) in [6.45, 7) is 5.98. The Balaban J connectivity index is 2.54. The van der Waals surface area contributed by atoms with Crippen molar-refractivity contribution in [2.75, 3.05) is 13.1 Å². The molecule has 0 saturated heterocycles. The first-order valence-corrected chi connectivity index (χ1v) is 4.28. The number of aliphatic hydroxyl groups is 1. The zero-order chi connectivity index (χ0) is 8.27. The lowest BCUT2D eigenvalue weighted by molar-refractivity contribution is 0.173. The monoisotopic (exact) mass is 155 g/mol. The van der Waals surface area contributed by atoms with Gasteiger partial charge in [0.15, 0.2) is 0 Å². The van der Waals surface area contributed by atoms with Gasteiger partial charge in [0.2, 0.25) is 0 Å². The normalized spacial score (nSPS) is 26.5. The van der Waals surface area contributed by atoms with Crippen LogP contribution in [0.15, 0.2) is 11.6 Å². The molecule has 2 nitrogen and oxygen atoms in total. The Kier molecular flexibility index (Phi) is 3.09. The minimum absolute atomic E-state index is 0.189. The minimum atomic E-state index is -0.189. The fourth-order valence-electron chi connectivity index (χ4n) is 1.35. The number of aliphatic hydroxyl groups excluding tert-OH is 1. The van der Waals surface area contributed by atoms with Crippen molar-refractivity contribution in [3.05, 3.63) is 11.6 Å². The van der Waals surface area contributed by atoms with E-state index in [1.165, 1.54) is 5.57 Å². The fourth-order valence-corrected chi connectivity index (χ4v) is 1.35. The Hall–Kier alpha value is -0.340. The van der Waals surface area contributed by atoms with Crippen LogP contribution in [0.4, 0.5) is 0 Å². The summed E-state index contributed by atoms with van der Waals surface area (Å²) in [7, 11) is 0. The molecule has 0 aromatic carbocycles. The van der Waals surface area contributed by atoms with Gasteiger partial charge in [-0.3, -0.25) is 0 Å². The first-order chi connectivity index (χ1) is 5.20. The predicted octanol–water partition coefficient (Wildman–Crippen LogP) is 0.923. The lowest BCUT2D eigenvalue weighted by Gasteiger charge is -2.12. The summed E-state index contributed by atoms with van der Waals surface area (Å²) >= 11 is 0. The molecule has 11 heavy (non-hydrogen) atoms. The third-order valence-electron chi connectivity index (χ3n) is 2.10. The Morgan fingerprint density at radius 1 is 1.64 bits per heavy atom. The van der Waals surface area contributed by atoms with Gasteiger partial charge in [0.05, 0.1) is 6.10 Å². The van der Waals surface area contributed by atoms with Crippen LogP contribution in [0, 0.1) is 5.92 Å². The van der Waals surface area contributed by atoms with Gasteiger partial charge in [0.1, 0.15) is 0 Å². The zero-order valence-corrected chi connectivity index (χ0v) is 7.30. The maximum absolute atomic E-state index is 9.41. The first kappa shape index (κ1) is 8.75. The van der Waals surface area contributed by atoms with Crippen LogP contribution in [0.1, 0.15) is 20.3 Å². The van der Waals surface area contributed by atoms with Crippen LogP contribution >= 0.6 is 0 Å². The molecule has 1 aliphatic heterocycles. The highest BCUT2D eigenvalue weighted by Gasteiger charge is 2.12. The van der Waals surface area contributed by atoms with Gasteiger partial charge in [-0.25, -0.2) is 0 Å². The number of rotatable bonds is 1. The minimum Gasteiger partial charge on any atom is -0.391 e. The lowest BCUT2D eigenvalue weighted by atomic mass is 9.98. The van der Waals surface area contributed by atoms with Gasteiger partial charge in [-0.1, -0.05) is 25.5 Å². The third kappa shape index (κ3) is 2.64. The van der Waals surface area contributed by atoms with E-state index in [1.54, 1.807) is 0 Å². The summed E-state index contributed by atoms with van der Waals surface area (Å²) in [5.74, 6) is 0.574. The van der Waals surface area contributed by atoms with Crippen molar-refractivity contribution in [1.29, 1.82) is 0 Å². The maximum atomic E-state index is 9.41. The van der Waals surface area contributed by atoms with Crippen LogP contribution in [0.3, 0.4) is 0 Å². The highest BCUT2D eigenvalue weighted by atomic mass is 16.3. The molecular weight excluding hydrogens is 138 g/mol. The van der Waals surface area contributed by atoms with Gasteiger partial charge in [-0.15, -0.1) is 0 Å². The molecule has 2 heteroatoms. The van der Waals surface area contributed by atoms with Crippen molar-refractivity contribution in [2.45, 2.75) is 26.4 Å². The topological polar surface area (TPSA) is 32.3 Å². The molecule has 1 atom stereocenters. The van der Waals surface area contributed by atoms with Gasteiger partial charge in [-0.05, 0) is 12.3 Å². The lowest BCUT2D eigenvalue weighted by Crippen LogP contribution is -2.24. The molecule has 0 aromatic rings. The average molecular weight is 155 g/mol. The number of β-amino-alcohol motifs (C(OH)–C–C–N with tert-alkyl or cyclic N) is 1. The molecule has 1 rings (SSSR count). The second-order valence-corrected chi connectivity index (χ2v) is 3.45. The van der Waals surface area contributed by atoms with Crippen LogP contribution < -0.4 is 5.32 Å². The number of nitrogens with one attached hydrogen (secondary N) is 1. The molecule has 0 spiro atoms. The van der Waals surface area contributed by atoms with Crippen molar-refractivity contribution in [3.8, 4) is 0 Å². The Morgan fingerprint density at radius 3 is 3.00 bits per heavy atom. The van der Waals surface area contributed by atoms with Crippen molar-refractivity contribution in [2.24, 2.45) is 5.92 Å². The highest BCUT2D eigenvalue weighted by Crippen LogP contribution is 2.16. The van der Waals surface area contributed by atoms with Crippen LogP contribution in [0.2, 0.25) is 0 Å². The standard InChI is InChI=1S/C9H17NO/c1-7(2)8-3-4-10-6-9(11)5-8/h3,7,9-11H,4-6H2,1-2H3/t9-/m1/s1. The summed E-state index contributed by atoms with van der Waals surface area (Å²) in [6, 6.07) is 0. The summed E-state index contributed by atoms with van der Waals surface area (Å²) < 4.78 is 0. The van der Waals surface area contributed by atoms with E-state index in [0.717, 1.165) is 19.5 Å². The largest absolute Gasteiger partial charge is 0.391 e. The van der Waals surface area contributed by atoms with E-state index >= 15 is 0 Å². The van der Waals surface area contributed by atoms with Crippen LogP contribution in [-0.4, -0.2) is 24.3 Å². The summed E-state index contributed by atoms with van der Waals surface area (Å²) in [5.41, 5.74) is 1.38. The van der Waals surface area contributed by atoms with E-state index in [4.69, 9.17) is 0 Å². The van der Waals surface area contributed by atoms with Gasteiger partial charge >= 0.3 is 0 Å². The average Bonchev–Trinajstić information content (AvgIpc) is 2.13. The van der Waals surface area contributed by atoms with Crippen molar-refractivity contribution >= 4 is 0 Å². The first-order valence-electron chi connectivity index (χ1n) is 4.28. The zero-order valence-electron chi connectivity index (χ0n) is 7.30. The molecule has 0 unspecified atom stereocenters.